The molecule has 3 rings (SSSR count). The van der Waals surface area contributed by atoms with Crippen LogP contribution in [0.4, 0.5) is 4.39 Å². The van der Waals surface area contributed by atoms with Gasteiger partial charge in [0.05, 0.1) is 12.2 Å². The molecular weight excluding hydrogens is 371 g/mol. The highest BCUT2D eigenvalue weighted by molar-refractivity contribution is 6.07. The maximum atomic E-state index is 12.9. The van der Waals surface area contributed by atoms with Crippen LogP contribution in [0.5, 0.6) is 11.5 Å². The number of hydrogen-bond donors (Lipinski definition) is 0. The highest BCUT2D eigenvalue weighted by atomic mass is 19.1. The van der Waals surface area contributed by atoms with E-state index in [1.54, 1.807) is 18.2 Å². The molecule has 0 aliphatic carbocycles. The van der Waals surface area contributed by atoms with Gasteiger partial charge in [-0.3, -0.25) is 4.79 Å². The first-order chi connectivity index (χ1) is 14.1. The Morgan fingerprint density at radius 2 is 1.55 bits per heavy atom. The monoisotopic (exact) mass is 390 g/mol. The Balaban J connectivity index is 1.66. The maximum Gasteiger partial charge on any atom is 0.343 e. The molecule has 0 bridgehead atoms. The molecule has 0 heterocycles. The molecule has 0 atom stereocenters. The molecule has 146 valence electrons. The zero-order chi connectivity index (χ0) is 20.6. The van der Waals surface area contributed by atoms with Crippen LogP contribution in [0.15, 0.2) is 78.9 Å². The number of carbonyl (C=O) groups is 2. The average molecular weight is 390 g/mol. The minimum absolute atomic E-state index is 0.187. The van der Waals surface area contributed by atoms with Gasteiger partial charge in [0.2, 0.25) is 0 Å². The van der Waals surface area contributed by atoms with Gasteiger partial charge in [-0.15, -0.1) is 0 Å². The van der Waals surface area contributed by atoms with E-state index in [-0.39, 0.29) is 11.3 Å². The zero-order valence-electron chi connectivity index (χ0n) is 15.8. The summed E-state index contributed by atoms with van der Waals surface area (Å²) >= 11 is 0. The molecule has 0 saturated carbocycles. The molecule has 5 heteroatoms. The Morgan fingerprint density at radius 1 is 0.897 bits per heavy atom. The summed E-state index contributed by atoms with van der Waals surface area (Å²) in [4.78, 5) is 24.5. The zero-order valence-corrected chi connectivity index (χ0v) is 15.8. The molecule has 0 fully saturated rings. The van der Waals surface area contributed by atoms with Crippen molar-refractivity contribution in [3.63, 3.8) is 0 Å². The van der Waals surface area contributed by atoms with E-state index in [1.165, 1.54) is 42.5 Å². The van der Waals surface area contributed by atoms with Gasteiger partial charge in [-0.1, -0.05) is 18.2 Å². The molecule has 3 aromatic carbocycles. The minimum atomic E-state index is -0.600. The third-order valence-corrected chi connectivity index (χ3v) is 4.06. The molecule has 0 aliphatic rings. The Hall–Kier alpha value is -3.73. The van der Waals surface area contributed by atoms with Gasteiger partial charge in [0.25, 0.3) is 0 Å². The van der Waals surface area contributed by atoms with Gasteiger partial charge in [-0.25, -0.2) is 9.18 Å². The topological polar surface area (TPSA) is 52.6 Å². The molecule has 0 spiro atoms. The van der Waals surface area contributed by atoms with E-state index in [1.807, 2.05) is 31.2 Å². The smallest absolute Gasteiger partial charge is 0.343 e. The lowest BCUT2D eigenvalue weighted by molar-refractivity contribution is 0.0734. The fourth-order valence-corrected chi connectivity index (χ4v) is 2.61. The van der Waals surface area contributed by atoms with E-state index in [9.17, 15) is 14.0 Å². The van der Waals surface area contributed by atoms with Crippen molar-refractivity contribution in [2.75, 3.05) is 6.61 Å². The predicted octanol–water partition coefficient (Wildman–Crippen LogP) is 5.34. The Bertz CT molecular complexity index is 1020. The van der Waals surface area contributed by atoms with Crippen LogP contribution >= 0.6 is 0 Å². The second-order valence-electron chi connectivity index (χ2n) is 6.09. The van der Waals surface area contributed by atoms with Gasteiger partial charge in [-0.05, 0) is 73.7 Å². The van der Waals surface area contributed by atoms with E-state index >= 15 is 0 Å². The van der Waals surface area contributed by atoms with Crippen LogP contribution in [-0.2, 0) is 0 Å². The summed E-state index contributed by atoms with van der Waals surface area (Å²) in [5, 5.41) is 0. The highest BCUT2D eigenvalue weighted by Crippen LogP contribution is 2.20. The van der Waals surface area contributed by atoms with Crippen molar-refractivity contribution in [3.8, 4) is 11.5 Å². The van der Waals surface area contributed by atoms with Gasteiger partial charge in [0.15, 0.2) is 5.78 Å². The van der Waals surface area contributed by atoms with Crippen molar-refractivity contribution in [2.24, 2.45) is 0 Å². The van der Waals surface area contributed by atoms with Crippen LogP contribution in [0, 0.1) is 5.82 Å². The van der Waals surface area contributed by atoms with Crippen LogP contribution in [0.1, 0.15) is 33.2 Å². The van der Waals surface area contributed by atoms with Gasteiger partial charge in [0.1, 0.15) is 17.3 Å². The average Bonchev–Trinajstić information content (AvgIpc) is 2.74. The third-order valence-electron chi connectivity index (χ3n) is 4.06. The van der Waals surface area contributed by atoms with Crippen molar-refractivity contribution in [1.29, 1.82) is 0 Å². The van der Waals surface area contributed by atoms with Crippen LogP contribution in [0.25, 0.3) is 6.08 Å². The predicted molar refractivity (Wildman–Crippen MR) is 109 cm³/mol. The quantitative estimate of drug-likeness (QED) is 0.236. The number of carbonyl (C=O) groups excluding carboxylic acids is 2. The van der Waals surface area contributed by atoms with Crippen molar-refractivity contribution in [1.82, 2.24) is 0 Å². The van der Waals surface area contributed by atoms with Crippen molar-refractivity contribution in [2.45, 2.75) is 6.92 Å². The third kappa shape index (κ3) is 5.39. The maximum absolute atomic E-state index is 12.9. The first-order valence-corrected chi connectivity index (χ1v) is 9.09. The molecule has 4 nitrogen and oxygen atoms in total. The summed E-state index contributed by atoms with van der Waals surface area (Å²) in [6.45, 7) is 2.44. The number of benzene rings is 3. The molecule has 0 N–H and O–H groups in total. The molecule has 0 aliphatic heterocycles. The van der Waals surface area contributed by atoms with Crippen LogP contribution in [0.3, 0.4) is 0 Å². The Morgan fingerprint density at radius 3 is 2.24 bits per heavy atom. The standard InChI is InChI=1S/C24H19FO4/c1-2-28-23-6-4-3-5-18(23)11-16-22(26)17-9-14-21(15-10-17)29-24(27)19-7-12-20(25)13-8-19/h3-16H,2H2,1H3. The first-order valence-electron chi connectivity index (χ1n) is 9.09. The molecular formula is C24H19FO4. The molecule has 0 unspecified atom stereocenters. The summed E-state index contributed by atoms with van der Waals surface area (Å²) in [5.41, 5.74) is 1.51. The summed E-state index contributed by atoms with van der Waals surface area (Å²) in [6.07, 6.45) is 3.17. The largest absolute Gasteiger partial charge is 0.493 e. The van der Waals surface area contributed by atoms with E-state index in [0.29, 0.717) is 23.7 Å². The molecule has 0 radical (unpaired) electrons. The lowest BCUT2D eigenvalue weighted by Crippen LogP contribution is -2.08. The van der Waals surface area contributed by atoms with Gasteiger partial charge in [-0.2, -0.15) is 0 Å². The molecule has 0 saturated heterocycles. The van der Waals surface area contributed by atoms with E-state index in [2.05, 4.69) is 0 Å². The second kappa shape index (κ2) is 9.46. The van der Waals surface area contributed by atoms with Gasteiger partial charge >= 0.3 is 5.97 Å². The van der Waals surface area contributed by atoms with Crippen LogP contribution < -0.4 is 9.47 Å². The SMILES string of the molecule is CCOc1ccccc1C=CC(=O)c1ccc(OC(=O)c2ccc(F)cc2)cc1. The normalized spacial score (nSPS) is 10.7. The number of halogens is 1. The van der Waals surface area contributed by atoms with Gasteiger partial charge < -0.3 is 9.47 Å². The summed E-state index contributed by atoms with van der Waals surface area (Å²) in [7, 11) is 0. The molecule has 3 aromatic rings. The van der Waals surface area contributed by atoms with Crippen LogP contribution in [-0.4, -0.2) is 18.4 Å². The number of ketones is 1. The summed E-state index contributed by atoms with van der Waals surface area (Å²) < 4.78 is 23.7. The van der Waals surface area contributed by atoms with Gasteiger partial charge in [0, 0.05) is 11.1 Å². The molecule has 0 aromatic heterocycles. The fourth-order valence-electron chi connectivity index (χ4n) is 2.61. The lowest BCUT2D eigenvalue weighted by atomic mass is 10.1. The number of ether oxygens (including phenoxy) is 2. The van der Waals surface area contributed by atoms with Crippen molar-refractivity contribution >= 4 is 17.8 Å². The van der Waals surface area contributed by atoms with E-state index in [0.717, 1.165) is 5.56 Å². The second-order valence-corrected chi connectivity index (χ2v) is 6.09. The fraction of sp³-hybridized carbons (Fsp3) is 0.0833. The lowest BCUT2D eigenvalue weighted by Gasteiger charge is -2.06. The van der Waals surface area contributed by atoms with Crippen molar-refractivity contribution < 1.29 is 23.5 Å². The number of esters is 1. The van der Waals surface area contributed by atoms with E-state index < -0.39 is 11.8 Å². The summed E-state index contributed by atoms with van der Waals surface area (Å²) in [6, 6.07) is 18.8. The minimum Gasteiger partial charge on any atom is -0.493 e. The number of rotatable bonds is 7. The van der Waals surface area contributed by atoms with E-state index in [4.69, 9.17) is 9.47 Å². The summed E-state index contributed by atoms with van der Waals surface area (Å²) in [5.74, 6) is -0.214. The first kappa shape index (κ1) is 20.0. The number of allylic oxidation sites excluding steroid dienone is 1. The molecule has 0 amide bonds. The highest BCUT2D eigenvalue weighted by Gasteiger charge is 2.10. The van der Waals surface area contributed by atoms with Crippen LogP contribution in [0.2, 0.25) is 0 Å². The van der Waals surface area contributed by atoms with Crippen molar-refractivity contribution in [3.05, 3.63) is 101 Å². The number of para-hydroxylation sites is 1. The Kier molecular flexibility index (Phi) is 6.53. The molecule has 29 heavy (non-hydrogen) atoms. The Labute approximate surface area is 168 Å². The number of hydrogen-bond acceptors (Lipinski definition) is 4.